The van der Waals surface area contributed by atoms with Crippen LogP contribution in [-0.2, 0) is 27.4 Å². The van der Waals surface area contributed by atoms with Crippen molar-refractivity contribution in [2.24, 2.45) is 0 Å². The Labute approximate surface area is 233 Å². The molecule has 1 amide bonds. The predicted molar refractivity (Wildman–Crippen MR) is 150 cm³/mol. The van der Waals surface area contributed by atoms with Crippen molar-refractivity contribution in [3.05, 3.63) is 94.6 Å². The summed E-state index contributed by atoms with van der Waals surface area (Å²) < 4.78 is 23.0. The van der Waals surface area contributed by atoms with Crippen molar-refractivity contribution in [1.82, 2.24) is 4.90 Å². The number of likely N-dealkylation sites (tertiary alicyclic amines) is 1. The van der Waals surface area contributed by atoms with Crippen molar-refractivity contribution in [1.29, 1.82) is 0 Å². The number of fused-ring (bicyclic) bond motifs is 1. The summed E-state index contributed by atoms with van der Waals surface area (Å²) in [6.07, 6.45) is 0.733. The Morgan fingerprint density at radius 2 is 1.82 bits per heavy atom. The minimum atomic E-state index is -0.832. The number of rotatable bonds is 10. The molecular formula is C32H33NO7. The summed E-state index contributed by atoms with van der Waals surface area (Å²) >= 11 is 0. The Morgan fingerprint density at radius 1 is 1.02 bits per heavy atom. The molecule has 2 aliphatic rings. The number of hydrogen-bond donors (Lipinski definition) is 1. The fourth-order valence-electron chi connectivity index (χ4n) is 5.19. The Morgan fingerprint density at radius 3 is 2.58 bits per heavy atom. The number of aliphatic hydroxyl groups excluding tert-OH is 1. The van der Waals surface area contributed by atoms with E-state index in [0.29, 0.717) is 42.3 Å². The van der Waals surface area contributed by atoms with E-state index in [1.165, 1.54) is 12.0 Å². The number of ketones is 1. The first kappa shape index (κ1) is 27.3. The predicted octanol–water partition coefficient (Wildman–Crippen LogP) is 5.06. The van der Waals surface area contributed by atoms with Gasteiger partial charge in [-0.1, -0.05) is 36.4 Å². The first-order chi connectivity index (χ1) is 19.4. The first-order valence-electron chi connectivity index (χ1n) is 13.4. The van der Waals surface area contributed by atoms with Crippen LogP contribution in [0.5, 0.6) is 17.2 Å². The van der Waals surface area contributed by atoms with Gasteiger partial charge in [0, 0.05) is 25.6 Å². The molecule has 0 aromatic heterocycles. The number of amides is 1. The van der Waals surface area contributed by atoms with Crippen LogP contribution in [0.25, 0.3) is 5.76 Å². The normalized spacial score (nSPS) is 19.4. The number of benzene rings is 3. The van der Waals surface area contributed by atoms with Crippen LogP contribution in [0.4, 0.5) is 0 Å². The molecule has 0 saturated carbocycles. The molecule has 0 bridgehead atoms. The van der Waals surface area contributed by atoms with Gasteiger partial charge in [-0.15, -0.1) is 0 Å². The molecule has 2 heterocycles. The third kappa shape index (κ3) is 5.40. The second kappa shape index (κ2) is 11.8. The van der Waals surface area contributed by atoms with E-state index < -0.39 is 17.7 Å². The van der Waals surface area contributed by atoms with Crippen molar-refractivity contribution in [2.75, 3.05) is 26.9 Å². The van der Waals surface area contributed by atoms with Crippen molar-refractivity contribution in [3.8, 4) is 17.2 Å². The maximum Gasteiger partial charge on any atom is 0.295 e. The summed E-state index contributed by atoms with van der Waals surface area (Å²) in [5.74, 6) is 0.115. The second-order valence-corrected chi connectivity index (χ2v) is 9.85. The lowest BCUT2D eigenvalue weighted by atomic mass is 9.94. The molecule has 1 saturated heterocycles. The van der Waals surface area contributed by atoms with Gasteiger partial charge < -0.3 is 29.0 Å². The van der Waals surface area contributed by atoms with Crippen LogP contribution in [0.2, 0.25) is 0 Å². The number of Topliss-reactive ketones (excluding diaryl/α,β-unsaturated/α-hetero) is 1. The molecule has 2 atom stereocenters. The lowest BCUT2D eigenvalue weighted by Crippen LogP contribution is -2.32. The first-order valence-corrected chi connectivity index (χ1v) is 13.4. The molecule has 0 aliphatic carbocycles. The lowest BCUT2D eigenvalue weighted by Gasteiger charge is -2.26. The molecule has 208 valence electrons. The van der Waals surface area contributed by atoms with Gasteiger partial charge >= 0.3 is 0 Å². The Bertz CT molecular complexity index is 1430. The van der Waals surface area contributed by atoms with Crippen LogP contribution in [0.3, 0.4) is 0 Å². The molecule has 40 heavy (non-hydrogen) atoms. The fourth-order valence-corrected chi connectivity index (χ4v) is 5.19. The summed E-state index contributed by atoms with van der Waals surface area (Å²) in [4.78, 5) is 28.0. The van der Waals surface area contributed by atoms with Crippen LogP contribution >= 0.6 is 0 Å². The Kier molecular flexibility index (Phi) is 8.07. The van der Waals surface area contributed by atoms with Crippen molar-refractivity contribution in [2.45, 2.75) is 39.0 Å². The van der Waals surface area contributed by atoms with E-state index >= 15 is 0 Å². The van der Waals surface area contributed by atoms with Gasteiger partial charge in [-0.25, -0.2) is 0 Å². The Balaban J connectivity index is 1.55. The van der Waals surface area contributed by atoms with Crippen molar-refractivity contribution >= 4 is 17.4 Å². The van der Waals surface area contributed by atoms with Crippen LogP contribution < -0.4 is 14.2 Å². The average molecular weight is 544 g/mol. The van der Waals surface area contributed by atoms with E-state index in [1.807, 2.05) is 50.2 Å². The highest BCUT2D eigenvalue weighted by Gasteiger charge is 2.46. The number of carbonyl (C=O) groups is 2. The highest BCUT2D eigenvalue weighted by atomic mass is 16.5. The van der Waals surface area contributed by atoms with Crippen LogP contribution in [0.1, 0.15) is 42.1 Å². The fraction of sp³-hybridized carbons (Fsp3) is 0.312. The van der Waals surface area contributed by atoms with Gasteiger partial charge in [0.1, 0.15) is 24.2 Å². The van der Waals surface area contributed by atoms with E-state index in [9.17, 15) is 14.7 Å². The monoisotopic (exact) mass is 543 g/mol. The van der Waals surface area contributed by atoms with Crippen LogP contribution in [-0.4, -0.2) is 54.7 Å². The van der Waals surface area contributed by atoms with Crippen molar-refractivity contribution < 1.29 is 33.6 Å². The summed E-state index contributed by atoms with van der Waals surface area (Å²) in [6.45, 7) is 5.00. The number of hydrogen-bond acceptors (Lipinski definition) is 7. The van der Waals surface area contributed by atoms with Gasteiger partial charge in [-0.05, 0) is 60.9 Å². The number of methoxy groups -OCH3 is 1. The highest BCUT2D eigenvalue weighted by molar-refractivity contribution is 6.46. The van der Waals surface area contributed by atoms with Crippen LogP contribution in [0, 0.1) is 0 Å². The topological polar surface area (TPSA) is 94.5 Å². The lowest BCUT2D eigenvalue weighted by molar-refractivity contribution is -0.140. The highest BCUT2D eigenvalue weighted by Crippen LogP contribution is 2.43. The summed E-state index contributed by atoms with van der Waals surface area (Å²) in [5, 5.41) is 11.5. The second-order valence-electron chi connectivity index (χ2n) is 9.85. The van der Waals surface area contributed by atoms with Crippen LogP contribution in [0.15, 0.2) is 72.3 Å². The average Bonchev–Trinajstić information content (AvgIpc) is 3.46. The number of carbonyl (C=O) groups excluding carboxylic acids is 2. The zero-order valence-electron chi connectivity index (χ0n) is 22.9. The van der Waals surface area contributed by atoms with E-state index in [1.54, 1.807) is 30.3 Å². The summed E-state index contributed by atoms with van der Waals surface area (Å²) in [7, 11) is 1.53. The van der Waals surface area contributed by atoms with Gasteiger partial charge in [0.05, 0.1) is 24.8 Å². The molecule has 2 aliphatic heterocycles. The molecule has 8 heteroatoms. The molecule has 5 rings (SSSR count). The largest absolute Gasteiger partial charge is 0.507 e. The molecule has 0 radical (unpaired) electrons. The number of ether oxygens (including phenoxy) is 4. The summed E-state index contributed by atoms with van der Waals surface area (Å²) in [5.41, 5.74) is 3.05. The Hall–Kier alpha value is -4.30. The third-order valence-corrected chi connectivity index (χ3v) is 7.07. The molecule has 8 nitrogen and oxygen atoms in total. The third-order valence-electron chi connectivity index (χ3n) is 7.07. The minimum Gasteiger partial charge on any atom is -0.507 e. The molecule has 1 N–H and O–H groups in total. The van der Waals surface area contributed by atoms with E-state index in [0.717, 1.165) is 16.9 Å². The van der Waals surface area contributed by atoms with Gasteiger partial charge in [0.15, 0.2) is 11.5 Å². The SMILES string of the molecule is CCOc1cc(C2C(=C(O)c3ccc4c(c3)CC(C)O4)C(=O)C(=O)N2CCOC)ccc1OCc1ccccc1. The van der Waals surface area contributed by atoms with Crippen molar-refractivity contribution in [3.63, 3.8) is 0 Å². The quantitative estimate of drug-likeness (QED) is 0.217. The zero-order valence-corrected chi connectivity index (χ0v) is 22.9. The van der Waals surface area contributed by atoms with Gasteiger partial charge in [-0.2, -0.15) is 0 Å². The van der Waals surface area contributed by atoms with E-state index in [2.05, 4.69) is 0 Å². The molecule has 3 aromatic carbocycles. The molecule has 1 fully saturated rings. The zero-order chi connectivity index (χ0) is 28.2. The minimum absolute atomic E-state index is 0.0217. The molecular weight excluding hydrogens is 510 g/mol. The maximum absolute atomic E-state index is 13.4. The number of aliphatic hydroxyl groups is 1. The molecule has 2 unspecified atom stereocenters. The smallest absolute Gasteiger partial charge is 0.295 e. The standard InChI is InChI=1S/C32H33NO7/c1-4-38-27-18-22(10-13-26(27)39-19-21-8-6-5-7-9-21)29-28(31(35)32(36)33(29)14-15-37-3)30(34)23-11-12-25-24(17-23)16-20(2)40-25/h5-13,17-18,20,29,34H,4,14-16,19H2,1-3H3. The van der Waals surface area contributed by atoms with Gasteiger partial charge in [-0.3, -0.25) is 9.59 Å². The van der Waals surface area contributed by atoms with Gasteiger partial charge in [0.2, 0.25) is 0 Å². The van der Waals surface area contributed by atoms with E-state index in [4.69, 9.17) is 18.9 Å². The maximum atomic E-state index is 13.4. The van der Waals surface area contributed by atoms with E-state index in [-0.39, 0.29) is 30.6 Å². The number of nitrogens with zero attached hydrogens (tertiary/aromatic N) is 1. The van der Waals surface area contributed by atoms with Gasteiger partial charge in [0.25, 0.3) is 11.7 Å². The molecule has 3 aromatic rings. The molecule has 0 spiro atoms. The summed E-state index contributed by atoms with van der Waals surface area (Å²) in [6, 6.07) is 19.6.